The number of hydrogen-bond acceptors (Lipinski definition) is 1. The van der Waals surface area contributed by atoms with Crippen molar-refractivity contribution in [3.63, 3.8) is 0 Å². The molecular formula is C20H19F3S. The maximum Gasteiger partial charge on any atom is 0.379 e. The minimum atomic E-state index is -3.67. The van der Waals surface area contributed by atoms with Gasteiger partial charge in [0.05, 0.1) is 0 Å². The van der Waals surface area contributed by atoms with Crippen molar-refractivity contribution in [1.82, 2.24) is 0 Å². The van der Waals surface area contributed by atoms with E-state index in [4.69, 9.17) is 0 Å². The number of thiol groups is 1. The Balaban J connectivity index is 0.000000208. The summed E-state index contributed by atoms with van der Waals surface area (Å²) in [7, 11) is 0. The highest BCUT2D eigenvalue weighted by molar-refractivity contribution is 7.80. The van der Waals surface area contributed by atoms with Crippen molar-refractivity contribution in [1.29, 1.82) is 0 Å². The van der Waals surface area contributed by atoms with Gasteiger partial charge >= 0.3 is 6.68 Å². The smallest absolute Gasteiger partial charge is 0.174 e. The van der Waals surface area contributed by atoms with Gasteiger partial charge in [-0.15, -0.1) is 12.6 Å². The van der Waals surface area contributed by atoms with Crippen LogP contribution < -0.4 is 0 Å². The summed E-state index contributed by atoms with van der Waals surface area (Å²) in [5.41, 5.74) is 3.83. The SMILES string of the molecule is Cc1ccc(S)cc1.FC(F)F.c1ccc(-c2ccccc2)cc1. The molecule has 126 valence electrons. The summed E-state index contributed by atoms with van der Waals surface area (Å²) in [6.45, 7) is -1.60. The molecule has 0 amide bonds. The Bertz CT molecular complexity index is 607. The van der Waals surface area contributed by atoms with E-state index < -0.39 is 6.68 Å². The van der Waals surface area contributed by atoms with Gasteiger partial charge in [0, 0.05) is 4.90 Å². The average Bonchev–Trinajstić information content (AvgIpc) is 2.59. The molecule has 0 aliphatic rings. The lowest BCUT2D eigenvalue weighted by molar-refractivity contribution is 0.00819. The number of rotatable bonds is 1. The zero-order valence-corrected chi connectivity index (χ0v) is 14.1. The number of benzene rings is 3. The van der Waals surface area contributed by atoms with Crippen molar-refractivity contribution in [2.75, 3.05) is 0 Å². The van der Waals surface area contributed by atoms with E-state index in [0.29, 0.717) is 0 Å². The summed E-state index contributed by atoms with van der Waals surface area (Å²) in [5, 5.41) is 0. The molecule has 0 spiro atoms. The van der Waals surface area contributed by atoms with Gasteiger partial charge in [0.15, 0.2) is 0 Å². The molecule has 0 heterocycles. The third-order valence-corrected chi connectivity index (χ3v) is 3.21. The molecule has 3 rings (SSSR count). The van der Waals surface area contributed by atoms with E-state index in [1.807, 2.05) is 36.4 Å². The first-order chi connectivity index (χ1) is 11.5. The van der Waals surface area contributed by atoms with E-state index in [1.165, 1.54) is 16.7 Å². The molecular weight excluding hydrogens is 329 g/mol. The third kappa shape index (κ3) is 9.06. The van der Waals surface area contributed by atoms with Crippen molar-refractivity contribution in [3.05, 3.63) is 90.5 Å². The van der Waals surface area contributed by atoms with Crippen molar-refractivity contribution in [3.8, 4) is 11.1 Å². The van der Waals surface area contributed by atoms with Gasteiger partial charge < -0.3 is 0 Å². The largest absolute Gasteiger partial charge is 0.379 e. The van der Waals surface area contributed by atoms with E-state index in [1.54, 1.807) is 0 Å². The molecule has 0 fully saturated rings. The lowest BCUT2D eigenvalue weighted by Gasteiger charge is -1.98. The van der Waals surface area contributed by atoms with Gasteiger partial charge in [0.2, 0.25) is 0 Å². The topological polar surface area (TPSA) is 0 Å². The Morgan fingerprint density at radius 1 is 0.625 bits per heavy atom. The van der Waals surface area contributed by atoms with Gasteiger partial charge in [-0.3, -0.25) is 0 Å². The van der Waals surface area contributed by atoms with Crippen LogP contribution in [0.3, 0.4) is 0 Å². The average molecular weight is 348 g/mol. The summed E-state index contributed by atoms with van der Waals surface area (Å²) in [6.07, 6.45) is 0. The monoisotopic (exact) mass is 348 g/mol. The molecule has 0 aliphatic heterocycles. The summed E-state index contributed by atoms with van der Waals surface area (Å²) in [4.78, 5) is 1.02. The molecule has 3 aromatic carbocycles. The molecule has 24 heavy (non-hydrogen) atoms. The van der Waals surface area contributed by atoms with Crippen LogP contribution >= 0.6 is 12.6 Å². The molecule has 0 bridgehead atoms. The predicted molar refractivity (Wildman–Crippen MR) is 97.4 cm³/mol. The molecule has 0 atom stereocenters. The normalized spacial score (nSPS) is 9.42. The van der Waals surface area contributed by atoms with Crippen molar-refractivity contribution in [2.45, 2.75) is 18.5 Å². The minimum Gasteiger partial charge on any atom is -0.174 e. The highest BCUT2D eigenvalue weighted by Gasteiger charge is 1.91. The Morgan fingerprint density at radius 2 is 0.958 bits per heavy atom. The highest BCUT2D eigenvalue weighted by Crippen LogP contribution is 2.17. The minimum absolute atomic E-state index is 1.02. The second-order valence-corrected chi connectivity index (χ2v) is 5.33. The number of hydrogen-bond donors (Lipinski definition) is 1. The van der Waals surface area contributed by atoms with Crippen LogP contribution in [-0.4, -0.2) is 6.68 Å². The summed E-state index contributed by atoms with van der Waals surface area (Å²) in [5.74, 6) is 0. The third-order valence-electron chi connectivity index (χ3n) is 2.91. The standard InChI is InChI=1S/C12H10.C7H8S.CHF3/c1-3-7-11(8-4-1)12-9-5-2-6-10-12;1-6-2-4-7(8)5-3-6;2-1(3)4/h1-10H;2-5,8H,1H3;1H. The number of alkyl halides is 3. The molecule has 0 nitrogen and oxygen atoms in total. The van der Waals surface area contributed by atoms with Crippen LogP contribution in [0.5, 0.6) is 0 Å². The second kappa shape index (κ2) is 11.4. The molecule has 4 heteroatoms. The molecule has 0 aromatic heterocycles. The van der Waals surface area contributed by atoms with Crippen molar-refractivity contribution in [2.24, 2.45) is 0 Å². The van der Waals surface area contributed by atoms with Crippen LogP contribution in [0, 0.1) is 6.92 Å². The van der Waals surface area contributed by atoms with Crippen LogP contribution in [0.25, 0.3) is 11.1 Å². The van der Waals surface area contributed by atoms with E-state index in [-0.39, 0.29) is 0 Å². The summed E-state index contributed by atoms with van der Waals surface area (Å²) in [6, 6.07) is 28.8. The lowest BCUT2D eigenvalue weighted by Crippen LogP contribution is -1.73. The highest BCUT2D eigenvalue weighted by atomic mass is 32.1. The fourth-order valence-electron chi connectivity index (χ4n) is 1.81. The Morgan fingerprint density at radius 3 is 1.25 bits per heavy atom. The first-order valence-electron chi connectivity index (χ1n) is 7.27. The maximum absolute atomic E-state index is 9.67. The van der Waals surface area contributed by atoms with Gasteiger partial charge in [-0.05, 0) is 30.2 Å². The Labute approximate surface area is 146 Å². The van der Waals surface area contributed by atoms with Crippen molar-refractivity contribution < 1.29 is 13.2 Å². The van der Waals surface area contributed by atoms with Crippen LogP contribution in [0.4, 0.5) is 13.2 Å². The van der Waals surface area contributed by atoms with E-state index in [0.717, 1.165) is 4.90 Å². The molecule has 0 saturated heterocycles. The maximum atomic E-state index is 9.67. The molecule has 0 aliphatic carbocycles. The van der Waals surface area contributed by atoms with Gasteiger partial charge in [-0.2, -0.15) is 13.2 Å². The van der Waals surface area contributed by atoms with Gasteiger partial charge in [-0.25, -0.2) is 0 Å². The quantitative estimate of drug-likeness (QED) is 0.459. The van der Waals surface area contributed by atoms with Crippen LogP contribution in [0.15, 0.2) is 89.8 Å². The second-order valence-electron chi connectivity index (χ2n) is 4.82. The van der Waals surface area contributed by atoms with Crippen LogP contribution in [0.2, 0.25) is 0 Å². The van der Waals surface area contributed by atoms with E-state index >= 15 is 0 Å². The van der Waals surface area contributed by atoms with E-state index in [2.05, 4.69) is 68.1 Å². The number of halogens is 3. The Hall–Kier alpha value is -2.20. The first kappa shape index (κ1) is 19.8. The van der Waals surface area contributed by atoms with Gasteiger partial charge in [-0.1, -0.05) is 78.4 Å². The molecule has 0 radical (unpaired) electrons. The van der Waals surface area contributed by atoms with Crippen LogP contribution in [-0.2, 0) is 0 Å². The van der Waals surface area contributed by atoms with Gasteiger partial charge in [0.1, 0.15) is 0 Å². The predicted octanol–water partition coefficient (Wildman–Crippen LogP) is 6.82. The molecule has 3 aromatic rings. The molecule has 0 saturated carbocycles. The summed E-state index contributed by atoms with van der Waals surface area (Å²) >= 11 is 4.13. The zero-order valence-electron chi connectivity index (χ0n) is 13.2. The first-order valence-corrected chi connectivity index (χ1v) is 7.72. The molecule has 0 N–H and O–H groups in total. The van der Waals surface area contributed by atoms with Gasteiger partial charge in [0.25, 0.3) is 0 Å². The lowest BCUT2D eigenvalue weighted by atomic mass is 10.1. The molecule has 0 unspecified atom stereocenters. The van der Waals surface area contributed by atoms with Crippen LogP contribution in [0.1, 0.15) is 5.56 Å². The fraction of sp³-hybridized carbons (Fsp3) is 0.100. The summed E-state index contributed by atoms with van der Waals surface area (Å²) < 4.78 is 29.0. The Kier molecular flexibility index (Phi) is 9.39. The van der Waals surface area contributed by atoms with Crippen molar-refractivity contribution >= 4 is 12.6 Å². The zero-order chi connectivity index (χ0) is 17.8. The van der Waals surface area contributed by atoms with E-state index in [9.17, 15) is 13.2 Å². The number of aryl methyl sites for hydroxylation is 1. The fourth-order valence-corrected chi connectivity index (χ4v) is 1.96.